The van der Waals surface area contributed by atoms with Gasteiger partial charge in [-0.3, -0.25) is 4.79 Å². The Morgan fingerprint density at radius 2 is 2.00 bits per heavy atom. The second-order valence-corrected chi connectivity index (χ2v) is 2.90. The molecule has 0 saturated carbocycles. The minimum absolute atomic E-state index is 0.566. The van der Waals surface area contributed by atoms with Crippen molar-refractivity contribution in [1.29, 1.82) is 0 Å². The molecule has 1 amide bonds. The van der Waals surface area contributed by atoms with Gasteiger partial charge in [0.25, 0.3) is 5.91 Å². The topological polar surface area (TPSA) is 72.5 Å². The van der Waals surface area contributed by atoms with Crippen LogP contribution in [0.25, 0.3) is 0 Å². The summed E-state index contributed by atoms with van der Waals surface area (Å²) in [5.41, 5.74) is 1.61. The predicted molar refractivity (Wildman–Crippen MR) is 38.5 cm³/mol. The fraction of sp³-hybridized carbons (Fsp3) is 0. The number of hydroxylamine groups is 1. The van der Waals surface area contributed by atoms with Crippen LogP contribution >= 0.6 is 0 Å². The van der Waals surface area contributed by atoms with Crippen molar-refractivity contribution in [3.8, 4) is 0 Å². The Hall–Kier alpha value is -1.14. The Kier molecular flexibility index (Phi) is 3.49. The molecule has 11 heavy (non-hydrogen) atoms. The largest absolute Gasteiger partial charge is 0.310 e. The summed E-state index contributed by atoms with van der Waals surface area (Å²) >= 11 is 0. The Morgan fingerprint density at radius 1 is 1.45 bits per heavy atom. The third kappa shape index (κ3) is 4.29. The zero-order valence-corrected chi connectivity index (χ0v) is 6.43. The van der Waals surface area contributed by atoms with Crippen LogP contribution in [0.3, 0.4) is 0 Å². The van der Waals surface area contributed by atoms with Crippen molar-refractivity contribution in [2.24, 2.45) is 0 Å². The van der Waals surface area contributed by atoms with E-state index in [-0.39, 0.29) is 0 Å². The van der Waals surface area contributed by atoms with Gasteiger partial charge >= 0.3 is 10.1 Å². The molecule has 0 aliphatic heterocycles. The molecule has 5 nitrogen and oxygen atoms in total. The third-order valence-corrected chi connectivity index (χ3v) is 1.37. The molecular weight excluding hydrogens is 170 g/mol. The first kappa shape index (κ1) is 9.86. The summed E-state index contributed by atoms with van der Waals surface area (Å²) < 4.78 is 24.8. The normalized spacial score (nSPS) is 10.2. The van der Waals surface area contributed by atoms with Crippen LogP contribution in [-0.4, -0.2) is 14.3 Å². The average Bonchev–Trinajstić information content (AvgIpc) is 2.00. The second-order valence-electron chi connectivity index (χ2n) is 1.41. The maximum Gasteiger partial charge on any atom is 0.310 e. The molecule has 0 spiro atoms. The number of carbonyl (C=O) groups is 1. The zero-order chi connectivity index (χ0) is 8.91. The van der Waals surface area contributed by atoms with Gasteiger partial charge < -0.3 is 0 Å². The first-order valence-electron chi connectivity index (χ1n) is 2.50. The number of hydrogen-bond acceptors (Lipinski definition) is 4. The highest BCUT2D eigenvalue weighted by molar-refractivity contribution is 7.89. The van der Waals surface area contributed by atoms with Gasteiger partial charge in [-0.15, -0.1) is 4.28 Å². The van der Waals surface area contributed by atoms with Crippen molar-refractivity contribution < 1.29 is 17.5 Å². The lowest BCUT2D eigenvalue weighted by Crippen LogP contribution is -2.23. The summed E-state index contributed by atoms with van der Waals surface area (Å²) in [6, 6.07) is 0. The van der Waals surface area contributed by atoms with Crippen molar-refractivity contribution in [2.45, 2.75) is 0 Å². The van der Waals surface area contributed by atoms with E-state index in [9.17, 15) is 13.2 Å². The van der Waals surface area contributed by atoms with Gasteiger partial charge in [0.1, 0.15) is 0 Å². The van der Waals surface area contributed by atoms with E-state index in [4.69, 9.17) is 0 Å². The SMILES string of the molecule is C=CC(=O)NOS(=O)(=O)C=C. The lowest BCUT2D eigenvalue weighted by molar-refractivity contribution is -0.122. The van der Waals surface area contributed by atoms with E-state index in [0.717, 1.165) is 6.08 Å². The molecule has 0 aliphatic carbocycles. The minimum Gasteiger partial charge on any atom is -0.268 e. The molecule has 0 rings (SSSR count). The van der Waals surface area contributed by atoms with E-state index < -0.39 is 16.0 Å². The standard InChI is InChI=1S/C5H7NO4S/c1-3-5(7)6-10-11(8,9)4-2/h3-4H,1-2H2,(H,6,7). The smallest absolute Gasteiger partial charge is 0.268 e. The fourth-order valence-electron chi connectivity index (χ4n) is 0.175. The summed E-state index contributed by atoms with van der Waals surface area (Å²) in [6.45, 7) is 6.02. The van der Waals surface area contributed by atoms with E-state index in [2.05, 4.69) is 17.4 Å². The van der Waals surface area contributed by atoms with Gasteiger partial charge in [0, 0.05) is 0 Å². The molecule has 62 valence electrons. The molecule has 0 radical (unpaired) electrons. The maximum absolute atomic E-state index is 10.4. The predicted octanol–water partition coefficient (Wildman–Crippen LogP) is -0.306. The number of amides is 1. The highest BCUT2D eigenvalue weighted by Crippen LogP contribution is 1.88. The van der Waals surface area contributed by atoms with E-state index in [1.54, 1.807) is 5.48 Å². The molecule has 0 fully saturated rings. The van der Waals surface area contributed by atoms with E-state index in [0.29, 0.717) is 5.41 Å². The summed E-state index contributed by atoms with van der Waals surface area (Å²) in [7, 11) is -3.84. The molecule has 0 heterocycles. The Bertz CT molecular complexity index is 266. The maximum atomic E-state index is 10.4. The molecule has 0 aromatic heterocycles. The van der Waals surface area contributed by atoms with Gasteiger partial charge in [-0.05, 0) is 6.08 Å². The number of hydrogen-bond donors (Lipinski definition) is 1. The van der Waals surface area contributed by atoms with E-state index >= 15 is 0 Å². The third-order valence-electron chi connectivity index (χ3n) is 0.648. The van der Waals surface area contributed by atoms with Gasteiger partial charge in [-0.2, -0.15) is 8.42 Å². The van der Waals surface area contributed by atoms with Gasteiger partial charge in [0.15, 0.2) is 0 Å². The fourth-order valence-corrected chi connectivity index (χ4v) is 0.441. The van der Waals surface area contributed by atoms with Crippen LogP contribution < -0.4 is 5.48 Å². The lowest BCUT2D eigenvalue weighted by atomic mass is 10.6. The molecule has 0 aliphatic rings. The summed E-state index contributed by atoms with van der Waals surface area (Å²) in [4.78, 5) is 10.3. The Morgan fingerprint density at radius 3 is 2.36 bits per heavy atom. The molecule has 0 atom stereocenters. The zero-order valence-electron chi connectivity index (χ0n) is 5.61. The second kappa shape index (κ2) is 3.89. The van der Waals surface area contributed by atoms with Crippen molar-refractivity contribution in [3.63, 3.8) is 0 Å². The average molecular weight is 177 g/mol. The number of nitrogens with one attached hydrogen (secondary N) is 1. The molecule has 1 N–H and O–H groups in total. The van der Waals surface area contributed by atoms with Crippen LogP contribution in [0.15, 0.2) is 24.6 Å². The molecule has 0 aromatic rings. The molecule has 0 bridgehead atoms. The lowest BCUT2D eigenvalue weighted by Gasteiger charge is -1.98. The van der Waals surface area contributed by atoms with Crippen molar-refractivity contribution in [1.82, 2.24) is 5.48 Å². The van der Waals surface area contributed by atoms with Crippen molar-refractivity contribution in [3.05, 3.63) is 24.6 Å². The Labute approximate surface area is 64.4 Å². The van der Waals surface area contributed by atoms with Crippen LogP contribution in [0.4, 0.5) is 0 Å². The summed E-state index contributed by atoms with van der Waals surface area (Å²) in [6.07, 6.45) is 0.874. The molecular formula is C5H7NO4S. The molecule has 6 heteroatoms. The van der Waals surface area contributed by atoms with E-state index in [1.165, 1.54) is 0 Å². The van der Waals surface area contributed by atoms with Crippen LogP contribution in [0.2, 0.25) is 0 Å². The van der Waals surface area contributed by atoms with Crippen LogP contribution in [0.5, 0.6) is 0 Å². The van der Waals surface area contributed by atoms with Gasteiger partial charge in [-0.1, -0.05) is 13.2 Å². The van der Waals surface area contributed by atoms with Crippen molar-refractivity contribution >= 4 is 16.0 Å². The van der Waals surface area contributed by atoms with Crippen LogP contribution in [0.1, 0.15) is 0 Å². The highest BCUT2D eigenvalue weighted by Gasteiger charge is 2.05. The van der Waals surface area contributed by atoms with Crippen LogP contribution in [-0.2, 0) is 19.2 Å². The highest BCUT2D eigenvalue weighted by atomic mass is 32.2. The van der Waals surface area contributed by atoms with Crippen LogP contribution in [0, 0.1) is 0 Å². The quantitative estimate of drug-likeness (QED) is 0.472. The summed E-state index contributed by atoms with van der Waals surface area (Å²) in [5.74, 6) is -0.740. The number of carbonyl (C=O) groups excluding carboxylic acids is 1. The van der Waals surface area contributed by atoms with Gasteiger partial charge in [-0.25, -0.2) is 5.48 Å². The molecule has 0 unspecified atom stereocenters. The van der Waals surface area contributed by atoms with Gasteiger partial charge in [0.2, 0.25) is 0 Å². The first-order chi connectivity index (χ1) is 5.02. The molecule has 0 aromatic carbocycles. The van der Waals surface area contributed by atoms with E-state index in [1.807, 2.05) is 0 Å². The minimum atomic E-state index is -3.84. The molecule has 0 saturated heterocycles. The summed E-state index contributed by atoms with van der Waals surface area (Å²) in [5, 5.41) is 0.566. The number of rotatable bonds is 4. The first-order valence-corrected chi connectivity index (χ1v) is 3.97. The van der Waals surface area contributed by atoms with Crippen molar-refractivity contribution in [2.75, 3.05) is 0 Å². The van der Waals surface area contributed by atoms with Gasteiger partial charge in [0.05, 0.1) is 5.41 Å². The Balaban J connectivity index is 4.00. The monoisotopic (exact) mass is 177 g/mol.